The van der Waals surface area contributed by atoms with Gasteiger partial charge < -0.3 is 14.8 Å². The van der Waals surface area contributed by atoms with Crippen molar-refractivity contribution in [3.05, 3.63) is 0 Å². The molecule has 0 aliphatic carbocycles. The normalized spacial score (nSPS) is 19.9. The molecule has 0 aromatic rings. The molecule has 0 saturated carbocycles. The molecule has 0 radical (unpaired) electrons. The van der Waals surface area contributed by atoms with Gasteiger partial charge in [0.25, 0.3) is 0 Å². The molecule has 4 nitrogen and oxygen atoms in total. The van der Waals surface area contributed by atoms with E-state index < -0.39 is 0 Å². The summed E-state index contributed by atoms with van der Waals surface area (Å²) in [6.45, 7) is 11.4. The van der Waals surface area contributed by atoms with Crippen molar-refractivity contribution in [2.45, 2.75) is 45.2 Å². The van der Waals surface area contributed by atoms with Crippen molar-refractivity contribution >= 4 is 0 Å². The Morgan fingerprint density at radius 1 is 1.32 bits per heavy atom. The minimum Gasteiger partial charge on any atom is -0.383 e. The van der Waals surface area contributed by atoms with E-state index in [9.17, 15) is 0 Å². The average molecular weight is 272 g/mol. The number of rotatable bonds is 7. The molecule has 1 atom stereocenters. The van der Waals surface area contributed by atoms with E-state index in [2.05, 4.69) is 38.0 Å². The Morgan fingerprint density at radius 2 is 1.95 bits per heavy atom. The molecule has 1 fully saturated rings. The van der Waals surface area contributed by atoms with Crippen LogP contribution in [0.4, 0.5) is 0 Å². The molecule has 1 aliphatic heterocycles. The fourth-order valence-corrected chi connectivity index (χ4v) is 2.44. The molecular weight excluding hydrogens is 240 g/mol. The van der Waals surface area contributed by atoms with Gasteiger partial charge in [-0.2, -0.15) is 0 Å². The van der Waals surface area contributed by atoms with E-state index in [1.165, 1.54) is 12.8 Å². The molecular formula is C15H32N2O2. The second-order valence-corrected chi connectivity index (χ2v) is 6.74. The van der Waals surface area contributed by atoms with Gasteiger partial charge in [0, 0.05) is 45.0 Å². The molecule has 0 aromatic carbocycles. The maximum Gasteiger partial charge on any atom is 0.0630 e. The van der Waals surface area contributed by atoms with E-state index in [1.807, 2.05) is 0 Å². The third kappa shape index (κ3) is 7.25. The monoisotopic (exact) mass is 272 g/mol. The van der Waals surface area contributed by atoms with Crippen molar-refractivity contribution in [3.63, 3.8) is 0 Å². The van der Waals surface area contributed by atoms with Gasteiger partial charge in [-0.3, -0.25) is 4.90 Å². The highest BCUT2D eigenvalue weighted by Crippen LogP contribution is 2.16. The first kappa shape index (κ1) is 16.9. The lowest BCUT2D eigenvalue weighted by Crippen LogP contribution is -2.49. The number of ether oxygens (including phenoxy) is 2. The molecule has 1 N–H and O–H groups in total. The van der Waals surface area contributed by atoms with Crippen LogP contribution in [0.2, 0.25) is 0 Å². The summed E-state index contributed by atoms with van der Waals surface area (Å²) in [7, 11) is 4.00. The van der Waals surface area contributed by atoms with Crippen LogP contribution in [0.3, 0.4) is 0 Å². The summed E-state index contributed by atoms with van der Waals surface area (Å²) in [6, 6.07) is 0.437. The highest BCUT2D eigenvalue weighted by Gasteiger charge is 2.22. The van der Waals surface area contributed by atoms with Gasteiger partial charge in [0.05, 0.1) is 6.61 Å². The summed E-state index contributed by atoms with van der Waals surface area (Å²) in [6.07, 6.45) is 2.38. The zero-order valence-corrected chi connectivity index (χ0v) is 13.4. The van der Waals surface area contributed by atoms with Gasteiger partial charge >= 0.3 is 0 Å². The number of methoxy groups -OCH3 is 1. The molecule has 1 saturated heterocycles. The fraction of sp³-hybridized carbons (Fsp3) is 1.00. The van der Waals surface area contributed by atoms with Gasteiger partial charge in [0.2, 0.25) is 0 Å². The molecule has 1 aliphatic rings. The number of nitrogens with zero attached hydrogens (tertiary/aromatic N) is 1. The Hall–Kier alpha value is -0.160. The molecule has 1 heterocycles. The van der Waals surface area contributed by atoms with Gasteiger partial charge in [0.15, 0.2) is 0 Å². The van der Waals surface area contributed by atoms with E-state index in [-0.39, 0.29) is 5.54 Å². The van der Waals surface area contributed by atoms with E-state index in [1.54, 1.807) is 7.11 Å². The topological polar surface area (TPSA) is 33.7 Å². The summed E-state index contributed by atoms with van der Waals surface area (Å²) in [5, 5.41) is 3.58. The lowest BCUT2D eigenvalue weighted by atomic mass is 9.99. The minimum absolute atomic E-state index is 0.158. The maximum atomic E-state index is 5.43. The van der Waals surface area contributed by atoms with Crippen LogP contribution in [0.15, 0.2) is 0 Å². The van der Waals surface area contributed by atoms with Gasteiger partial charge in [-0.1, -0.05) is 0 Å². The standard InChI is InChI=1S/C15H32N2O2/c1-15(2,3)16-10-14(12-18-5)17(4)11-13-6-8-19-9-7-13/h13-14,16H,6-12H2,1-5H3. The Balaban J connectivity index is 2.39. The lowest BCUT2D eigenvalue weighted by Gasteiger charge is -2.34. The van der Waals surface area contributed by atoms with E-state index >= 15 is 0 Å². The van der Waals surface area contributed by atoms with Crippen molar-refractivity contribution < 1.29 is 9.47 Å². The predicted molar refractivity (Wildman–Crippen MR) is 79.6 cm³/mol. The molecule has 0 amide bonds. The molecule has 114 valence electrons. The highest BCUT2D eigenvalue weighted by molar-refractivity contribution is 4.79. The second-order valence-electron chi connectivity index (χ2n) is 6.74. The minimum atomic E-state index is 0.158. The summed E-state index contributed by atoms with van der Waals surface area (Å²) in [5.74, 6) is 0.771. The Kier molecular flexibility index (Phi) is 7.29. The maximum absolute atomic E-state index is 5.43. The summed E-state index contributed by atoms with van der Waals surface area (Å²) >= 11 is 0. The first-order valence-electron chi connectivity index (χ1n) is 7.44. The van der Waals surface area contributed by atoms with Crippen molar-refractivity contribution in [1.82, 2.24) is 10.2 Å². The largest absolute Gasteiger partial charge is 0.383 e. The van der Waals surface area contributed by atoms with E-state index in [0.29, 0.717) is 6.04 Å². The number of hydrogen-bond donors (Lipinski definition) is 1. The number of likely N-dealkylation sites (N-methyl/N-ethyl adjacent to an activating group) is 1. The quantitative estimate of drug-likeness (QED) is 0.765. The Morgan fingerprint density at radius 3 is 2.47 bits per heavy atom. The first-order valence-corrected chi connectivity index (χ1v) is 7.44. The lowest BCUT2D eigenvalue weighted by molar-refractivity contribution is 0.0391. The fourth-order valence-electron chi connectivity index (χ4n) is 2.44. The highest BCUT2D eigenvalue weighted by atomic mass is 16.5. The Labute approximate surface area is 118 Å². The molecule has 19 heavy (non-hydrogen) atoms. The Bertz CT molecular complexity index is 235. The number of hydrogen-bond acceptors (Lipinski definition) is 4. The van der Waals surface area contributed by atoms with Crippen LogP contribution in [-0.2, 0) is 9.47 Å². The van der Waals surface area contributed by atoms with Crippen molar-refractivity contribution in [3.8, 4) is 0 Å². The molecule has 0 aromatic heterocycles. The van der Waals surface area contributed by atoms with Crippen LogP contribution >= 0.6 is 0 Å². The van der Waals surface area contributed by atoms with Crippen molar-refractivity contribution in [2.75, 3.05) is 47.1 Å². The van der Waals surface area contributed by atoms with Gasteiger partial charge in [-0.05, 0) is 46.6 Å². The molecule has 1 rings (SSSR count). The first-order chi connectivity index (χ1) is 8.92. The second kappa shape index (κ2) is 8.20. The van der Waals surface area contributed by atoms with Crippen LogP contribution in [0.25, 0.3) is 0 Å². The molecule has 1 unspecified atom stereocenters. The smallest absolute Gasteiger partial charge is 0.0630 e. The van der Waals surface area contributed by atoms with Gasteiger partial charge in [0.1, 0.15) is 0 Å². The van der Waals surface area contributed by atoms with E-state index in [4.69, 9.17) is 9.47 Å². The summed E-state index contributed by atoms with van der Waals surface area (Å²) < 4.78 is 10.8. The summed E-state index contributed by atoms with van der Waals surface area (Å²) in [5.41, 5.74) is 0.158. The molecule has 0 spiro atoms. The van der Waals surface area contributed by atoms with Gasteiger partial charge in [-0.25, -0.2) is 0 Å². The van der Waals surface area contributed by atoms with E-state index in [0.717, 1.165) is 38.8 Å². The van der Waals surface area contributed by atoms with Crippen LogP contribution in [0, 0.1) is 5.92 Å². The zero-order chi connectivity index (χ0) is 14.3. The van der Waals surface area contributed by atoms with Crippen molar-refractivity contribution in [2.24, 2.45) is 5.92 Å². The summed E-state index contributed by atoms with van der Waals surface area (Å²) in [4.78, 5) is 2.44. The van der Waals surface area contributed by atoms with Crippen LogP contribution in [0.1, 0.15) is 33.6 Å². The SMILES string of the molecule is COCC(CNC(C)(C)C)N(C)CC1CCOCC1. The predicted octanol–water partition coefficient (Wildman–Crippen LogP) is 1.75. The van der Waals surface area contributed by atoms with Crippen molar-refractivity contribution in [1.29, 1.82) is 0 Å². The third-order valence-electron chi connectivity index (χ3n) is 3.74. The van der Waals surface area contributed by atoms with Gasteiger partial charge in [-0.15, -0.1) is 0 Å². The third-order valence-corrected chi connectivity index (χ3v) is 3.74. The van der Waals surface area contributed by atoms with Crippen LogP contribution in [-0.4, -0.2) is 63.5 Å². The average Bonchev–Trinajstić information content (AvgIpc) is 2.34. The van der Waals surface area contributed by atoms with Crippen LogP contribution < -0.4 is 5.32 Å². The van der Waals surface area contributed by atoms with Crippen LogP contribution in [0.5, 0.6) is 0 Å². The zero-order valence-electron chi connectivity index (χ0n) is 13.4. The molecule has 0 bridgehead atoms. The molecule has 4 heteroatoms. The number of nitrogens with one attached hydrogen (secondary N) is 1.